The lowest BCUT2D eigenvalue weighted by molar-refractivity contribution is -0.138. The highest BCUT2D eigenvalue weighted by atomic mass is 28.2. The average molecular weight is 250 g/mol. The fourth-order valence-electron chi connectivity index (χ4n) is 1.28. The Morgan fingerprint density at radius 3 is 2.53 bits per heavy atom. The van der Waals surface area contributed by atoms with E-state index in [4.69, 9.17) is 13.9 Å². The summed E-state index contributed by atoms with van der Waals surface area (Å²) in [5, 5.41) is 0. The van der Waals surface area contributed by atoms with Gasteiger partial charge in [-0.1, -0.05) is 36.9 Å². The summed E-state index contributed by atoms with van der Waals surface area (Å²) < 4.78 is 16.1. The summed E-state index contributed by atoms with van der Waals surface area (Å²) in [5.74, 6) is 0. The lowest BCUT2D eigenvalue weighted by Gasteiger charge is -2.24. The molecule has 0 saturated heterocycles. The molecule has 0 atom stereocenters. The molecule has 0 unspecified atom stereocenters. The Bertz CT molecular complexity index is 361. The third kappa shape index (κ3) is 4.09. The monoisotopic (exact) mass is 250 g/mol. The highest BCUT2D eigenvalue weighted by Gasteiger charge is 2.25. The van der Waals surface area contributed by atoms with Gasteiger partial charge in [-0.25, -0.2) is 0 Å². The molecule has 4 heteroatoms. The SMILES string of the molecule is C=Cc1ccccc1CO[Si]C(C)(OC)OC. The minimum Gasteiger partial charge on any atom is -0.408 e. The minimum absolute atomic E-state index is 0.121. The first-order valence-corrected chi connectivity index (χ1v) is 6.25. The normalized spacial score (nSPS) is 11.5. The molecule has 3 nitrogen and oxygen atoms in total. The van der Waals surface area contributed by atoms with E-state index in [9.17, 15) is 0 Å². The topological polar surface area (TPSA) is 27.7 Å². The molecule has 1 rings (SSSR count). The smallest absolute Gasteiger partial charge is 0.304 e. The van der Waals surface area contributed by atoms with Gasteiger partial charge in [-0.3, -0.25) is 0 Å². The van der Waals surface area contributed by atoms with Gasteiger partial charge in [0.05, 0.1) is 6.61 Å². The molecular formula is C13H18O3Si. The lowest BCUT2D eigenvalue weighted by atomic mass is 10.1. The summed E-state index contributed by atoms with van der Waals surface area (Å²) >= 11 is 0. The van der Waals surface area contributed by atoms with Crippen molar-refractivity contribution in [2.75, 3.05) is 14.2 Å². The molecule has 0 aromatic heterocycles. The number of hydrogen-bond donors (Lipinski definition) is 0. The van der Waals surface area contributed by atoms with Gasteiger partial charge in [0.2, 0.25) is 0 Å². The summed E-state index contributed by atoms with van der Waals surface area (Å²) in [6.45, 7) is 6.16. The van der Waals surface area contributed by atoms with Crippen molar-refractivity contribution < 1.29 is 13.9 Å². The van der Waals surface area contributed by atoms with Crippen molar-refractivity contribution in [1.29, 1.82) is 0 Å². The van der Waals surface area contributed by atoms with Gasteiger partial charge < -0.3 is 13.9 Å². The Balaban J connectivity index is 2.53. The van der Waals surface area contributed by atoms with E-state index in [1.807, 2.05) is 37.3 Å². The van der Waals surface area contributed by atoms with E-state index < -0.39 is 5.41 Å². The molecule has 0 bridgehead atoms. The van der Waals surface area contributed by atoms with Gasteiger partial charge in [0.15, 0.2) is 5.41 Å². The predicted molar refractivity (Wildman–Crippen MR) is 69.5 cm³/mol. The maximum atomic E-state index is 5.64. The average Bonchev–Trinajstić information content (AvgIpc) is 2.39. The summed E-state index contributed by atoms with van der Waals surface area (Å²) in [6.07, 6.45) is 1.83. The fraction of sp³-hybridized carbons (Fsp3) is 0.385. The van der Waals surface area contributed by atoms with Gasteiger partial charge in [-0.15, -0.1) is 0 Å². The molecule has 0 saturated carbocycles. The van der Waals surface area contributed by atoms with E-state index in [1.54, 1.807) is 14.2 Å². The van der Waals surface area contributed by atoms with Crippen LogP contribution in [0.4, 0.5) is 0 Å². The molecule has 17 heavy (non-hydrogen) atoms. The predicted octanol–water partition coefficient (Wildman–Crippen LogP) is 2.43. The Labute approximate surface area is 105 Å². The van der Waals surface area contributed by atoms with Gasteiger partial charge in [-0.05, 0) is 18.1 Å². The Morgan fingerprint density at radius 2 is 1.94 bits per heavy atom. The van der Waals surface area contributed by atoms with Crippen molar-refractivity contribution in [3.8, 4) is 0 Å². The minimum atomic E-state index is -0.664. The van der Waals surface area contributed by atoms with Crippen molar-refractivity contribution in [3.05, 3.63) is 42.0 Å². The fourth-order valence-corrected chi connectivity index (χ4v) is 1.93. The van der Waals surface area contributed by atoms with Gasteiger partial charge in [0.25, 0.3) is 0 Å². The van der Waals surface area contributed by atoms with Crippen molar-refractivity contribution >= 4 is 15.8 Å². The molecular weight excluding hydrogens is 232 g/mol. The van der Waals surface area contributed by atoms with Crippen LogP contribution in [0.1, 0.15) is 18.1 Å². The Morgan fingerprint density at radius 1 is 1.29 bits per heavy atom. The zero-order valence-electron chi connectivity index (χ0n) is 10.5. The molecule has 0 aliphatic heterocycles. The van der Waals surface area contributed by atoms with Crippen LogP contribution in [0.15, 0.2) is 30.8 Å². The van der Waals surface area contributed by atoms with Crippen LogP contribution in [0.25, 0.3) is 6.08 Å². The number of ether oxygens (including phenoxy) is 2. The zero-order valence-corrected chi connectivity index (χ0v) is 11.5. The molecule has 0 N–H and O–H groups in total. The second-order valence-electron chi connectivity index (χ2n) is 3.65. The highest BCUT2D eigenvalue weighted by molar-refractivity contribution is 6.30. The Kier molecular flexibility index (Phi) is 5.57. The van der Waals surface area contributed by atoms with Crippen molar-refractivity contribution in [2.24, 2.45) is 0 Å². The molecule has 0 aliphatic carbocycles. The van der Waals surface area contributed by atoms with Crippen LogP contribution < -0.4 is 0 Å². The molecule has 0 amide bonds. The van der Waals surface area contributed by atoms with Crippen molar-refractivity contribution in [1.82, 2.24) is 0 Å². The first kappa shape index (κ1) is 14.1. The third-order valence-corrected chi connectivity index (χ3v) is 3.61. The van der Waals surface area contributed by atoms with E-state index in [-0.39, 0.29) is 9.76 Å². The molecule has 0 aliphatic rings. The summed E-state index contributed by atoms with van der Waals surface area (Å²) in [6, 6.07) is 8.01. The summed E-state index contributed by atoms with van der Waals surface area (Å²) in [5.41, 5.74) is 1.54. The number of benzene rings is 1. The first-order valence-electron chi connectivity index (χ1n) is 5.35. The molecule has 1 aromatic rings. The third-order valence-electron chi connectivity index (χ3n) is 2.54. The van der Waals surface area contributed by atoms with Crippen LogP contribution in [0.5, 0.6) is 0 Å². The van der Waals surface area contributed by atoms with Crippen LogP contribution in [0, 0.1) is 0 Å². The van der Waals surface area contributed by atoms with Crippen LogP contribution in [-0.4, -0.2) is 29.4 Å². The number of methoxy groups -OCH3 is 2. The zero-order chi connectivity index (χ0) is 12.7. The molecule has 1 aromatic carbocycles. The quantitative estimate of drug-likeness (QED) is 0.549. The number of rotatable bonds is 7. The van der Waals surface area contributed by atoms with Crippen molar-refractivity contribution in [2.45, 2.75) is 18.9 Å². The van der Waals surface area contributed by atoms with Crippen LogP contribution in [0.3, 0.4) is 0 Å². The number of hydrogen-bond acceptors (Lipinski definition) is 3. The summed E-state index contributed by atoms with van der Waals surface area (Å²) in [7, 11) is 3.34. The highest BCUT2D eigenvalue weighted by Crippen LogP contribution is 2.13. The van der Waals surface area contributed by atoms with E-state index in [2.05, 4.69) is 6.58 Å². The standard InChI is InChI=1S/C13H18O3Si/c1-5-11-8-6-7-9-12(11)10-16-17-13(2,14-3)15-4/h5-9H,1,10H2,2-4H3. The van der Waals surface area contributed by atoms with E-state index in [0.29, 0.717) is 6.61 Å². The largest absolute Gasteiger partial charge is 0.408 e. The van der Waals surface area contributed by atoms with Gasteiger partial charge in [0.1, 0.15) is 0 Å². The van der Waals surface area contributed by atoms with Crippen LogP contribution in [0.2, 0.25) is 0 Å². The van der Waals surface area contributed by atoms with E-state index in [1.165, 1.54) is 0 Å². The lowest BCUT2D eigenvalue weighted by Crippen LogP contribution is -2.38. The van der Waals surface area contributed by atoms with E-state index in [0.717, 1.165) is 11.1 Å². The van der Waals surface area contributed by atoms with Gasteiger partial charge in [0, 0.05) is 14.2 Å². The van der Waals surface area contributed by atoms with Gasteiger partial charge >= 0.3 is 9.76 Å². The van der Waals surface area contributed by atoms with Crippen molar-refractivity contribution in [3.63, 3.8) is 0 Å². The molecule has 2 radical (unpaired) electrons. The van der Waals surface area contributed by atoms with Crippen LogP contribution >= 0.6 is 0 Å². The van der Waals surface area contributed by atoms with Crippen LogP contribution in [-0.2, 0) is 20.5 Å². The van der Waals surface area contributed by atoms with E-state index >= 15 is 0 Å². The molecule has 0 fully saturated rings. The molecule has 0 spiro atoms. The maximum absolute atomic E-state index is 5.64. The second-order valence-corrected chi connectivity index (χ2v) is 5.05. The second kappa shape index (κ2) is 6.71. The Hall–Kier alpha value is -0.943. The first-order chi connectivity index (χ1) is 8.15. The van der Waals surface area contributed by atoms with Gasteiger partial charge in [-0.2, -0.15) is 0 Å². The molecule has 92 valence electrons. The molecule has 0 heterocycles. The summed E-state index contributed by atoms with van der Waals surface area (Å²) in [4.78, 5) is 0. The maximum Gasteiger partial charge on any atom is 0.304 e.